The van der Waals surface area contributed by atoms with Crippen LogP contribution in [-0.2, 0) is 11.0 Å². The molecule has 0 bridgehead atoms. The van der Waals surface area contributed by atoms with Gasteiger partial charge in [0.05, 0.1) is 17.5 Å². The number of alkyl halides is 3. The van der Waals surface area contributed by atoms with Crippen LogP contribution in [0.3, 0.4) is 0 Å². The molecule has 1 unspecified atom stereocenters. The van der Waals surface area contributed by atoms with Crippen LogP contribution in [0.4, 0.5) is 13.2 Å². The zero-order valence-corrected chi connectivity index (χ0v) is 16.3. The van der Waals surface area contributed by atoms with Crippen molar-refractivity contribution in [1.29, 1.82) is 0 Å². The summed E-state index contributed by atoms with van der Waals surface area (Å²) < 4.78 is 40.0. The molecule has 6 heteroatoms. The lowest BCUT2D eigenvalue weighted by Crippen LogP contribution is -2.39. The van der Waals surface area contributed by atoms with E-state index in [9.17, 15) is 23.1 Å². The van der Waals surface area contributed by atoms with Crippen LogP contribution in [0.15, 0.2) is 66.7 Å². The highest BCUT2D eigenvalue weighted by molar-refractivity contribution is 5.83. The summed E-state index contributed by atoms with van der Waals surface area (Å²) >= 11 is 0. The predicted octanol–water partition coefficient (Wildman–Crippen LogP) is 5.74. The summed E-state index contributed by atoms with van der Waals surface area (Å²) in [6, 6.07) is 18.9. The minimum absolute atomic E-state index is 0.369. The first kappa shape index (κ1) is 20.4. The van der Waals surface area contributed by atoms with E-state index in [1.165, 1.54) is 12.1 Å². The minimum atomic E-state index is -4.42. The smallest absolute Gasteiger partial charge is 0.416 e. The number of rotatable bonds is 4. The van der Waals surface area contributed by atoms with Crippen LogP contribution in [0.1, 0.15) is 35.6 Å². The Kier molecular flexibility index (Phi) is 5.52. The molecule has 0 spiro atoms. The summed E-state index contributed by atoms with van der Waals surface area (Å²) in [5.41, 5.74) is 0.793. The Labute approximate surface area is 172 Å². The number of carbonyl (C=O) groups is 1. The summed E-state index contributed by atoms with van der Waals surface area (Å²) in [6.45, 7) is 1.04. The van der Waals surface area contributed by atoms with Gasteiger partial charge in [-0.15, -0.1) is 0 Å². The predicted molar refractivity (Wildman–Crippen MR) is 109 cm³/mol. The van der Waals surface area contributed by atoms with Crippen molar-refractivity contribution < 1.29 is 23.1 Å². The average molecular weight is 413 g/mol. The van der Waals surface area contributed by atoms with E-state index < -0.39 is 23.6 Å². The Hall–Kier alpha value is -2.86. The Bertz CT molecular complexity index is 1060. The summed E-state index contributed by atoms with van der Waals surface area (Å²) in [7, 11) is 0. The fourth-order valence-electron chi connectivity index (χ4n) is 4.28. The highest BCUT2D eigenvalue weighted by Crippen LogP contribution is 2.37. The van der Waals surface area contributed by atoms with Crippen molar-refractivity contribution in [3.05, 3.63) is 83.4 Å². The number of hydrogen-bond acceptors (Lipinski definition) is 2. The van der Waals surface area contributed by atoms with Gasteiger partial charge in [0, 0.05) is 0 Å². The molecular formula is C24H22F3NO2. The number of benzene rings is 3. The van der Waals surface area contributed by atoms with Crippen molar-refractivity contribution in [2.75, 3.05) is 13.1 Å². The molecule has 156 valence electrons. The van der Waals surface area contributed by atoms with Crippen molar-refractivity contribution >= 4 is 16.7 Å². The van der Waals surface area contributed by atoms with Gasteiger partial charge in [0.2, 0.25) is 0 Å². The molecule has 1 aliphatic rings. The summed E-state index contributed by atoms with van der Waals surface area (Å²) in [5.74, 6) is -1.21. The lowest BCUT2D eigenvalue weighted by Gasteiger charge is -2.37. The molecule has 1 fully saturated rings. The van der Waals surface area contributed by atoms with Gasteiger partial charge in [-0.3, -0.25) is 9.69 Å². The Morgan fingerprint density at radius 1 is 0.900 bits per heavy atom. The quantitative estimate of drug-likeness (QED) is 0.593. The molecule has 0 radical (unpaired) electrons. The van der Waals surface area contributed by atoms with Crippen molar-refractivity contribution in [3.63, 3.8) is 0 Å². The topological polar surface area (TPSA) is 40.5 Å². The molecule has 0 aliphatic carbocycles. The number of hydrogen-bond donors (Lipinski definition) is 1. The lowest BCUT2D eigenvalue weighted by atomic mass is 9.90. The van der Waals surface area contributed by atoms with E-state index in [1.54, 1.807) is 6.07 Å². The number of piperidine rings is 1. The second kappa shape index (κ2) is 8.11. The summed E-state index contributed by atoms with van der Waals surface area (Å²) in [4.78, 5) is 13.4. The number of likely N-dealkylation sites (tertiary alicyclic amines) is 1. The second-order valence-corrected chi connectivity index (χ2v) is 7.78. The van der Waals surface area contributed by atoms with Crippen molar-refractivity contribution in [1.82, 2.24) is 4.90 Å². The standard InChI is InChI=1S/C24H22F3NO2/c25-24(26,27)21-7-3-6-19(15-21)22(28-12-10-17(11-13-28)23(29)30)20-9-8-16-4-1-2-5-18(16)14-20/h1-9,14-15,17,22H,10-13H2,(H,29,30). The number of carboxylic acid groups (broad SMARTS) is 1. The van der Waals surface area contributed by atoms with Crippen LogP contribution in [0, 0.1) is 5.92 Å². The second-order valence-electron chi connectivity index (χ2n) is 7.78. The van der Waals surface area contributed by atoms with E-state index in [0.29, 0.717) is 31.5 Å². The highest BCUT2D eigenvalue weighted by atomic mass is 19.4. The van der Waals surface area contributed by atoms with E-state index in [4.69, 9.17) is 0 Å². The van der Waals surface area contributed by atoms with Gasteiger partial charge in [-0.1, -0.05) is 48.5 Å². The van der Waals surface area contributed by atoms with Gasteiger partial charge in [-0.25, -0.2) is 0 Å². The summed E-state index contributed by atoms with van der Waals surface area (Å²) in [5, 5.41) is 11.4. The molecule has 3 aromatic carbocycles. The zero-order chi connectivity index (χ0) is 21.3. The fourth-order valence-corrected chi connectivity index (χ4v) is 4.28. The van der Waals surface area contributed by atoms with Crippen LogP contribution >= 0.6 is 0 Å². The fraction of sp³-hybridized carbons (Fsp3) is 0.292. The van der Waals surface area contributed by atoms with Crippen LogP contribution in [0.25, 0.3) is 10.8 Å². The normalized spacial score (nSPS) is 17.2. The third-order valence-corrected chi connectivity index (χ3v) is 5.86. The average Bonchev–Trinajstić information content (AvgIpc) is 2.74. The number of carboxylic acids is 1. The maximum Gasteiger partial charge on any atom is 0.416 e. The number of aliphatic carboxylic acids is 1. The van der Waals surface area contributed by atoms with E-state index >= 15 is 0 Å². The number of nitrogens with zero attached hydrogens (tertiary/aromatic N) is 1. The largest absolute Gasteiger partial charge is 0.481 e. The number of halogens is 3. The third kappa shape index (κ3) is 4.19. The zero-order valence-electron chi connectivity index (χ0n) is 16.3. The third-order valence-electron chi connectivity index (χ3n) is 5.86. The molecule has 1 heterocycles. The molecule has 4 rings (SSSR count). The SMILES string of the molecule is O=C(O)C1CCN(C(c2cccc(C(F)(F)F)c2)c2ccc3ccccc3c2)CC1. The molecule has 3 aromatic rings. The maximum atomic E-state index is 13.3. The van der Waals surface area contributed by atoms with Gasteiger partial charge >= 0.3 is 12.1 Å². The van der Waals surface area contributed by atoms with Crippen LogP contribution in [-0.4, -0.2) is 29.1 Å². The van der Waals surface area contributed by atoms with Crippen LogP contribution in [0.2, 0.25) is 0 Å². The van der Waals surface area contributed by atoms with E-state index in [1.807, 2.05) is 42.5 Å². The first-order chi connectivity index (χ1) is 14.3. The molecule has 3 nitrogen and oxygen atoms in total. The minimum Gasteiger partial charge on any atom is -0.481 e. The molecule has 0 aromatic heterocycles. The summed E-state index contributed by atoms with van der Waals surface area (Å²) in [6.07, 6.45) is -3.45. The molecule has 0 saturated carbocycles. The molecule has 30 heavy (non-hydrogen) atoms. The van der Waals surface area contributed by atoms with Crippen molar-refractivity contribution in [3.8, 4) is 0 Å². The Morgan fingerprint density at radius 2 is 1.57 bits per heavy atom. The highest BCUT2D eigenvalue weighted by Gasteiger charge is 2.34. The Morgan fingerprint density at radius 3 is 2.23 bits per heavy atom. The molecule has 0 amide bonds. The van der Waals surface area contributed by atoms with Crippen LogP contribution < -0.4 is 0 Å². The van der Waals surface area contributed by atoms with E-state index in [2.05, 4.69) is 4.90 Å². The monoisotopic (exact) mass is 413 g/mol. The van der Waals surface area contributed by atoms with Crippen LogP contribution in [0.5, 0.6) is 0 Å². The van der Waals surface area contributed by atoms with E-state index in [0.717, 1.165) is 22.4 Å². The molecule has 1 saturated heterocycles. The maximum absolute atomic E-state index is 13.3. The molecule has 1 atom stereocenters. The van der Waals surface area contributed by atoms with Crippen molar-refractivity contribution in [2.24, 2.45) is 5.92 Å². The molecule has 1 N–H and O–H groups in total. The first-order valence-corrected chi connectivity index (χ1v) is 9.95. The van der Waals surface area contributed by atoms with Gasteiger partial charge in [-0.05, 0) is 66.0 Å². The van der Waals surface area contributed by atoms with Gasteiger partial charge in [-0.2, -0.15) is 13.2 Å². The molecule has 1 aliphatic heterocycles. The molecular weight excluding hydrogens is 391 g/mol. The lowest BCUT2D eigenvalue weighted by molar-refractivity contribution is -0.143. The Balaban J connectivity index is 1.76. The van der Waals surface area contributed by atoms with Gasteiger partial charge in [0.1, 0.15) is 0 Å². The van der Waals surface area contributed by atoms with Crippen molar-refractivity contribution in [2.45, 2.75) is 25.1 Å². The van der Waals surface area contributed by atoms with Gasteiger partial charge in [0.25, 0.3) is 0 Å². The first-order valence-electron chi connectivity index (χ1n) is 9.95. The van der Waals surface area contributed by atoms with E-state index in [-0.39, 0.29) is 6.04 Å². The number of fused-ring (bicyclic) bond motifs is 1. The van der Waals surface area contributed by atoms with Gasteiger partial charge in [0.15, 0.2) is 0 Å². The van der Waals surface area contributed by atoms with Gasteiger partial charge < -0.3 is 5.11 Å².